The largest absolute Gasteiger partial charge is 0.496 e. The summed E-state index contributed by atoms with van der Waals surface area (Å²) in [7, 11) is 4.39. The summed E-state index contributed by atoms with van der Waals surface area (Å²) in [5.74, 6) is -2.90. The van der Waals surface area contributed by atoms with Gasteiger partial charge in [-0.1, -0.05) is 48.0 Å². The first-order chi connectivity index (χ1) is 24.4. The summed E-state index contributed by atoms with van der Waals surface area (Å²) < 4.78 is 11.3. The highest BCUT2D eigenvalue weighted by Gasteiger charge is 2.33. The number of rotatable bonds is 8. The van der Waals surface area contributed by atoms with Gasteiger partial charge in [0.05, 0.1) is 20.8 Å². The van der Waals surface area contributed by atoms with Crippen molar-refractivity contribution in [2.75, 3.05) is 27.8 Å². The Morgan fingerprint density at radius 3 is 2.04 bits per heavy atom. The van der Waals surface area contributed by atoms with Crippen LogP contribution >= 0.6 is 11.6 Å². The summed E-state index contributed by atoms with van der Waals surface area (Å²) in [6, 6.07) is 20.5. The first kappa shape index (κ1) is 36.4. The maximum absolute atomic E-state index is 13.9. The van der Waals surface area contributed by atoms with E-state index in [1.165, 1.54) is 33.1 Å². The lowest BCUT2D eigenvalue weighted by Crippen LogP contribution is -2.53. The summed E-state index contributed by atoms with van der Waals surface area (Å²) in [6.07, 6.45) is -0.0428. The first-order valence-corrected chi connectivity index (χ1v) is 16.4. The van der Waals surface area contributed by atoms with Crippen LogP contribution in [0.3, 0.4) is 0 Å². The molecule has 0 saturated carbocycles. The van der Waals surface area contributed by atoms with Crippen molar-refractivity contribution in [1.82, 2.24) is 20.9 Å². The number of halogens is 1. The SMILES string of the molecule is COc1ccc2cc1-c1cc(ccc1OC)C(N(C)C(=O)CNC(=O)c1ccc(-c3ccc(Cl)cc3)cc1)C(=O)N[C@@H](C)C(=O)NC(C(=O)O)C2. The number of likely N-dealkylation sites (N-methyl/N-ethyl adjacent to an activating group) is 1. The molecule has 51 heavy (non-hydrogen) atoms. The van der Waals surface area contributed by atoms with Crippen molar-refractivity contribution in [3.8, 4) is 33.8 Å². The predicted molar refractivity (Wildman–Crippen MR) is 191 cm³/mol. The molecular weight excluding hydrogens is 676 g/mol. The van der Waals surface area contributed by atoms with E-state index in [0.717, 1.165) is 11.1 Å². The molecule has 1 aliphatic rings. The number of ether oxygens (including phenoxy) is 2. The van der Waals surface area contributed by atoms with Crippen molar-refractivity contribution in [2.24, 2.45) is 0 Å². The van der Waals surface area contributed by atoms with Crippen LogP contribution in [0.5, 0.6) is 11.5 Å². The summed E-state index contributed by atoms with van der Waals surface area (Å²) in [5.41, 5.74) is 4.16. The Morgan fingerprint density at radius 1 is 0.843 bits per heavy atom. The van der Waals surface area contributed by atoms with Gasteiger partial charge in [0, 0.05) is 35.2 Å². The second-order valence-corrected chi connectivity index (χ2v) is 12.4. The Kier molecular flexibility index (Phi) is 11.3. The molecule has 0 aromatic heterocycles. The minimum absolute atomic E-state index is 0.0428. The van der Waals surface area contributed by atoms with Crippen LogP contribution in [-0.4, -0.2) is 79.5 Å². The lowest BCUT2D eigenvalue weighted by Gasteiger charge is -2.30. The summed E-state index contributed by atoms with van der Waals surface area (Å²) in [4.78, 5) is 67.0. The van der Waals surface area contributed by atoms with Gasteiger partial charge >= 0.3 is 5.97 Å². The van der Waals surface area contributed by atoms with Crippen molar-refractivity contribution in [3.05, 3.63) is 107 Å². The van der Waals surface area contributed by atoms with Gasteiger partial charge in [0.15, 0.2) is 0 Å². The number of hydrogen-bond acceptors (Lipinski definition) is 7. The van der Waals surface area contributed by atoms with E-state index in [1.807, 2.05) is 12.1 Å². The van der Waals surface area contributed by atoms with Gasteiger partial charge in [0.2, 0.25) is 17.7 Å². The number of carbonyl (C=O) groups is 5. The number of methoxy groups -OCH3 is 2. The van der Waals surface area contributed by atoms with E-state index in [1.54, 1.807) is 72.8 Å². The number of aliphatic carboxylic acids is 1. The Morgan fingerprint density at radius 2 is 1.43 bits per heavy atom. The number of benzene rings is 4. The average Bonchev–Trinajstić information content (AvgIpc) is 3.13. The van der Waals surface area contributed by atoms with E-state index >= 15 is 0 Å². The van der Waals surface area contributed by atoms with Crippen LogP contribution in [0.2, 0.25) is 5.02 Å². The van der Waals surface area contributed by atoms with E-state index < -0.39 is 54.3 Å². The smallest absolute Gasteiger partial charge is 0.326 e. The quantitative estimate of drug-likeness (QED) is 0.211. The lowest BCUT2D eigenvalue weighted by atomic mass is 9.93. The first-order valence-electron chi connectivity index (χ1n) is 16.0. The third kappa shape index (κ3) is 8.30. The molecule has 4 amide bonds. The van der Waals surface area contributed by atoms with Crippen LogP contribution in [0.15, 0.2) is 84.9 Å². The third-order valence-corrected chi connectivity index (χ3v) is 8.91. The molecule has 12 nitrogen and oxygen atoms in total. The standard InChI is InChI=1S/C38H37ClN4O8/c1-21-35(45)42-30(38(48)49)18-22-5-15-31(50-3)28(17-22)29-19-26(12-16-32(29)51-4)34(37(47)41-21)43(2)33(44)20-40-36(46)25-8-6-23(7-9-25)24-10-13-27(39)14-11-24/h5-17,19,21,30,34H,18,20H2,1-4H3,(H,40,46)(H,41,47)(H,42,45)(H,48,49)/t21-,30?,34?/m0/s1. The molecule has 0 aliphatic carbocycles. The van der Waals surface area contributed by atoms with Gasteiger partial charge in [-0.05, 0) is 77.7 Å². The molecule has 1 heterocycles. The van der Waals surface area contributed by atoms with Gasteiger partial charge in [0.25, 0.3) is 5.91 Å². The molecule has 4 aromatic rings. The average molecular weight is 713 g/mol. The number of amides is 4. The fraction of sp³-hybridized carbons (Fsp3) is 0.237. The van der Waals surface area contributed by atoms with Gasteiger partial charge in [-0.15, -0.1) is 0 Å². The van der Waals surface area contributed by atoms with E-state index in [2.05, 4.69) is 16.0 Å². The predicted octanol–water partition coefficient (Wildman–Crippen LogP) is 4.25. The van der Waals surface area contributed by atoms with Crippen LogP contribution in [0.1, 0.15) is 34.5 Å². The topological polar surface area (TPSA) is 163 Å². The van der Waals surface area contributed by atoms with Crippen molar-refractivity contribution < 1.29 is 38.6 Å². The highest BCUT2D eigenvalue weighted by atomic mass is 35.5. The Bertz CT molecular complexity index is 1970. The second kappa shape index (κ2) is 15.8. The number of fused-ring (bicyclic) bond motifs is 5. The molecular formula is C38H37ClN4O8. The van der Waals surface area contributed by atoms with E-state index in [4.69, 9.17) is 21.1 Å². The van der Waals surface area contributed by atoms with E-state index in [9.17, 15) is 29.1 Å². The molecule has 4 bridgehead atoms. The third-order valence-electron chi connectivity index (χ3n) is 8.65. The van der Waals surface area contributed by atoms with Crippen LogP contribution in [0, 0.1) is 0 Å². The molecule has 0 fully saturated rings. The highest BCUT2D eigenvalue weighted by molar-refractivity contribution is 6.30. The zero-order valence-electron chi connectivity index (χ0n) is 28.4. The number of carbonyl (C=O) groups excluding carboxylic acids is 4. The molecule has 13 heteroatoms. The molecule has 3 atom stereocenters. The van der Waals surface area contributed by atoms with Crippen molar-refractivity contribution in [1.29, 1.82) is 0 Å². The van der Waals surface area contributed by atoms with Crippen LogP contribution in [-0.2, 0) is 25.6 Å². The lowest BCUT2D eigenvalue weighted by molar-refractivity contribution is -0.142. The number of nitrogens with zero attached hydrogens (tertiary/aromatic N) is 1. The second-order valence-electron chi connectivity index (χ2n) is 12.0. The normalized spacial score (nSPS) is 17.2. The van der Waals surface area contributed by atoms with Gasteiger partial charge in [-0.2, -0.15) is 0 Å². The van der Waals surface area contributed by atoms with E-state index in [0.29, 0.717) is 44.3 Å². The minimum atomic E-state index is -1.30. The van der Waals surface area contributed by atoms with Crippen LogP contribution in [0.4, 0.5) is 0 Å². The molecule has 5 rings (SSSR count). The van der Waals surface area contributed by atoms with Crippen molar-refractivity contribution >= 4 is 41.2 Å². The Hall–Kier alpha value is -5.88. The molecule has 264 valence electrons. The van der Waals surface area contributed by atoms with Gasteiger partial charge in [0.1, 0.15) is 29.6 Å². The fourth-order valence-corrected chi connectivity index (χ4v) is 5.95. The van der Waals surface area contributed by atoms with Crippen LogP contribution < -0.4 is 25.4 Å². The zero-order valence-corrected chi connectivity index (χ0v) is 29.1. The number of carboxylic acids is 1. The maximum atomic E-state index is 13.9. The summed E-state index contributed by atoms with van der Waals surface area (Å²) in [5, 5.41) is 18.3. The Labute approximate surface area is 299 Å². The number of hydrogen-bond donors (Lipinski definition) is 4. The molecule has 0 spiro atoms. The fourth-order valence-electron chi connectivity index (χ4n) is 5.82. The number of carboxylic acid groups (broad SMARTS) is 1. The monoisotopic (exact) mass is 712 g/mol. The maximum Gasteiger partial charge on any atom is 0.326 e. The van der Waals surface area contributed by atoms with Crippen molar-refractivity contribution in [3.63, 3.8) is 0 Å². The zero-order chi connectivity index (χ0) is 36.8. The number of nitrogens with one attached hydrogen (secondary N) is 3. The minimum Gasteiger partial charge on any atom is -0.496 e. The summed E-state index contributed by atoms with van der Waals surface area (Å²) in [6.45, 7) is 0.980. The van der Waals surface area contributed by atoms with Gasteiger partial charge in [-0.3, -0.25) is 19.2 Å². The molecule has 0 radical (unpaired) electrons. The summed E-state index contributed by atoms with van der Waals surface area (Å²) >= 11 is 5.99. The highest BCUT2D eigenvalue weighted by Crippen LogP contribution is 2.39. The van der Waals surface area contributed by atoms with Crippen molar-refractivity contribution in [2.45, 2.75) is 31.5 Å². The molecule has 2 unspecified atom stereocenters. The Balaban J connectivity index is 1.45. The van der Waals surface area contributed by atoms with E-state index in [-0.39, 0.29) is 6.42 Å². The molecule has 0 saturated heterocycles. The molecule has 1 aliphatic heterocycles. The molecule has 4 N–H and O–H groups in total. The molecule has 4 aromatic carbocycles. The van der Waals surface area contributed by atoms with Gasteiger partial charge in [-0.25, -0.2) is 4.79 Å². The van der Waals surface area contributed by atoms with Crippen LogP contribution in [0.25, 0.3) is 22.3 Å². The van der Waals surface area contributed by atoms with Gasteiger partial charge < -0.3 is 35.4 Å².